The molecule has 3 unspecified atom stereocenters. The Morgan fingerprint density at radius 1 is 1.52 bits per heavy atom. The molecule has 0 aliphatic carbocycles. The fourth-order valence-corrected chi connectivity index (χ4v) is 3.42. The molecule has 0 radical (unpaired) electrons. The fourth-order valence-electron chi connectivity index (χ4n) is 3.42. The summed E-state index contributed by atoms with van der Waals surface area (Å²) in [5, 5.41) is 11.0. The molecule has 0 aromatic heterocycles. The summed E-state index contributed by atoms with van der Waals surface area (Å²) < 4.78 is 0. The van der Waals surface area contributed by atoms with Gasteiger partial charge >= 0.3 is 0 Å². The van der Waals surface area contributed by atoms with Crippen LogP contribution in [-0.2, 0) is 0 Å². The lowest BCUT2D eigenvalue weighted by atomic mass is 9.89. The molecule has 1 saturated heterocycles. The molecule has 116 valence electrons. The third kappa shape index (κ3) is 3.60. The number of hydrogen-bond acceptors (Lipinski definition) is 4. The lowest BCUT2D eigenvalue weighted by Crippen LogP contribution is -2.47. The van der Waals surface area contributed by atoms with Crippen molar-refractivity contribution in [3.63, 3.8) is 0 Å². The largest absolute Gasteiger partial charge is 0.329 e. The third-order valence-corrected chi connectivity index (χ3v) is 4.55. The second kappa shape index (κ2) is 7.00. The van der Waals surface area contributed by atoms with Crippen molar-refractivity contribution < 1.29 is 4.92 Å². The van der Waals surface area contributed by atoms with E-state index in [1.165, 1.54) is 6.42 Å². The fraction of sp³-hybridized carbons (Fsp3) is 0.625. The number of nitro groups is 1. The summed E-state index contributed by atoms with van der Waals surface area (Å²) in [6, 6.07) is 7.62. The highest BCUT2D eigenvalue weighted by Crippen LogP contribution is 2.33. The number of nitrogens with zero attached hydrogens (tertiary/aromatic N) is 2. The zero-order chi connectivity index (χ0) is 15.4. The van der Waals surface area contributed by atoms with E-state index in [0.29, 0.717) is 18.5 Å². The maximum Gasteiger partial charge on any atom is 0.269 e. The van der Waals surface area contributed by atoms with Gasteiger partial charge in [-0.1, -0.05) is 26.0 Å². The van der Waals surface area contributed by atoms with E-state index in [1.807, 2.05) is 6.07 Å². The molecule has 3 atom stereocenters. The zero-order valence-corrected chi connectivity index (χ0v) is 12.9. The molecule has 0 amide bonds. The smallest absolute Gasteiger partial charge is 0.269 e. The Kier molecular flexibility index (Phi) is 5.31. The standard InChI is InChI=1S/C16H25N3O2/c1-3-16(13-5-4-6-14(10-13)19(20)21)18-8-7-12(2)9-15(18)11-17/h4-6,10,12,15-16H,3,7-9,11,17H2,1-2H3. The highest BCUT2D eigenvalue weighted by atomic mass is 16.6. The van der Waals surface area contributed by atoms with Crippen LogP contribution >= 0.6 is 0 Å². The highest BCUT2D eigenvalue weighted by molar-refractivity contribution is 5.36. The normalized spacial score (nSPS) is 24.7. The second-order valence-electron chi connectivity index (χ2n) is 6.03. The first-order chi connectivity index (χ1) is 10.1. The number of likely N-dealkylation sites (tertiary alicyclic amines) is 1. The molecule has 21 heavy (non-hydrogen) atoms. The first-order valence-electron chi connectivity index (χ1n) is 7.77. The van der Waals surface area contributed by atoms with E-state index in [2.05, 4.69) is 18.7 Å². The molecular formula is C16H25N3O2. The predicted octanol–water partition coefficient (Wildman–Crippen LogP) is 3.11. The minimum absolute atomic E-state index is 0.167. The molecule has 1 aliphatic rings. The maximum atomic E-state index is 11.0. The Labute approximate surface area is 126 Å². The monoisotopic (exact) mass is 291 g/mol. The minimum Gasteiger partial charge on any atom is -0.329 e. The van der Waals surface area contributed by atoms with Gasteiger partial charge in [-0.05, 0) is 37.3 Å². The molecular weight excluding hydrogens is 266 g/mol. The summed E-state index contributed by atoms with van der Waals surface area (Å²) in [7, 11) is 0. The molecule has 5 heteroatoms. The van der Waals surface area contributed by atoms with Crippen LogP contribution in [0.25, 0.3) is 0 Å². The van der Waals surface area contributed by atoms with E-state index in [0.717, 1.165) is 24.9 Å². The van der Waals surface area contributed by atoms with Gasteiger partial charge in [0.1, 0.15) is 0 Å². The summed E-state index contributed by atoms with van der Waals surface area (Å²) in [5.41, 5.74) is 7.15. The Bertz CT molecular complexity index is 492. The van der Waals surface area contributed by atoms with Crippen molar-refractivity contribution in [2.45, 2.75) is 45.2 Å². The Hall–Kier alpha value is -1.46. The molecule has 0 saturated carbocycles. The van der Waals surface area contributed by atoms with Gasteiger partial charge in [-0.15, -0.1) is 0 Å². The molecule has 1 aromatic rings. The third-order valence-electron chi connectivity index (χ3n) is 4.55. The Balaban J connectivity index is 2.26. The molecule has 2 N–H and O–H groups in total. The summed E-state index contributed by atoms with van der Waals surface area (Å²) >= 11 is 0. The molecule has 1 fully saturated rings. The van der Waals surface area contributed by atoms with Crippen molar-refractivity contribution in [1.82, 2.24) is 4.90 Å². The van der Waals surface area contributed by atoms with Crippen LogP contribution in [0, 0.1) is 16.0 Å². The SMILES string of the molecule is CCC(c1cccc([N+](=O)[O-])c1)N1CCC(C)CC1CN. The quantitative estimate of drug-likeness (QED) is 0.668. The molecule has 1 aromatic carbocycles. The van der Waals surface area contributed by atoms with E-state index in [4.69, 9.17) is 5.73 Å². The molecule has 2 rings (SSSR count). The van der Waals surface area contributed by atoms with Crippen LogP contribution in [0.4, 0.5) is 5.69 Å². The van der Waals surface area contributed by atoms with Crippen LogP contribution in [0.15, 0.2) is 24.3 Å². The van der Waals surface area contributed by atoms with Crippen molar-refractivity contribution in [2.24, 2.45) is 11.7 Å². The summed E-state index contributed by atoms with van der Waals surface area (Å²) in [4.78, 5) is 13.1. The number of nitrogens with two attached hydrogens (primary N) is 1. The predicted molar refractivity (Wildman–Crippen MR) is 84.1 cm³/mol. The van der Waals surface area contributed by atoms with Crippen LogP contribution in [0.2, 0.25) is 0 Å². The van der Waals surface area contributed by atoms with Crippen molar-refractivity contribution in [1.29, 1.82) is 0 Å². The Morgan fingerprint density at radius 2 is 2.29 bits per heavy atom. The molecule has 5 nitrogen and oxygen atoms in total. The van der Waals surface area contributed by atoms with Gasteiger partial charge in [0.05, 0.1) is 4.92 Å². The number of benzene rings is 1. The summed E-state index contributed by atoms with van der Waals surface area (Å²) in [6.07, 6.45) is 3.22. The van der Waals surface area contributed by atoms with Crippen LogP contribution in [0.1, 0.15) is 44.7 Å². The van der Waals surface area contributed by atoms with Gasteiger partial charge in [-0.3, -0.25) is 15.0 Å². The van der Waals surface area contributed by atoms with Gasteiger partial charge < -0.3 is 5.73 Å². The Morgan fingerprint density at radius 3 is 2.90 bits per heavy atom. The van der Waals surface area contributed by atoms with Crippen LogP contribution < -0.4 is 5.73 Å². The number of non-ortho nitro benzene ring substituents is 1. The average Bonchev–Trinajstić information content (AvgIpc) is 2.49. The summed E-state index contributed by atoms with van der Waals surface area (Å²) in [5.74, 6) is 0.706. The highest BCUT2D eigenvalue weighted by Gasteiger charge is 2.31. The van der Waals surface area contributed by atoms with Crippen LogP contribution in [0.3, 0.4) is 0 Å². The molecule has 1 aliphatic heterocycles. The first-order valence-corrected chi connectivity index (χ1v) is 7.77. The van der Waals surface area contributed by atoms with E-state index in [9.17, 15) is 10.1 Å². The van der Waals surface area contributed by atoms with E-state index < -0.39 is 0 Å². The minimum atomic E-state index is -0.324. The van der Waals surface area contributed by atoms with E-state index in [-0.39, 0.29) is 16.7 Å². The van der Waals surface area contributed by atoms with Crippen molar-refractivity contribution in [3.05, 3.63) is 39.9 Å². The van der Waals surface area contributed by atoms with Crippen molar-refractivity contribution in [2.75, 3.05) is 13.1 Å². The van der Waals surface area contributed by atoms with Crippen LogP contribution in [-0.4, -0.2) is 29.0 Å². The topological polar surface area (TPSA) is 72.4 Å². The van der Waals surface area contributed by atoms with E-state index in [1.54, 1.807) is 18.2 Å². The zero-order valence-electron chi connectivity index (χ0n) is 12.9. The number of nitro benzene ring substituents is 1. The average molecular weight is 291 g/mol. The van der Waals surface area contributed by atoms with Gasteiger partial charge in [0.2, 0.25) is 0 Å². The summed E-state index contributed by atoms with van der Waals surface area (Å²) in [6.45, 7) is 6.07. The second-order valence-corrected chi connectivity index (χ2v) is 6.03. The molecule has 0 bridgehead atoms. The van der Waals surface area contributed by atoms with Gasteiger partial charge in [0.25, 0.3) is 5.69 Å². The lowest BCUT2D eigenvalue weighted by Gasteiger charge is -2.43. The van der Waals surface area contributed by atoms with Crippen LogP contribution in [0.5, 0.6) is 0 Å². The lowest BCUT2D eigenvalue weighted by molar-refractivity contribution is -0.385. The van der Waals surface area contributed by atoms with Gasteiger partial charge in [-0.25, -0.2) is 0 Å². The van der Waals surface area contributed by atoms with Crippen molar-refractivity contribution in [3.8, 4) is 0 Å². The number of hydrogen-bond donors (Lipinski definition) is 1. The molecule has 0 spiro atoms. The van der Waals surface area contributed by atoms with Gasteiger partial charge in [0, 0.05) is 30.8 Å². The van der Waals surface area contributed by atoms with Crippen molar-refractivity contribution >= 4 is 5.69 Å². The first kappa shape index (κ1) is 15.9. The van der Waals surface area contributed by atoms with Gasteiger partial charge in [-0.2, -0.15) is 0 Å². The molecule has 1 heterocycles. The van der Waals surface area contributed by atoms with E-state index >= 15 is 0 Å². The number of piperidine rings is 1. The maximum absolute atomic E-state index is 11.0. The van der Waals surface area contributed by atoms with Gasteiger partial charge in [0.15, 0.2) is 0 Å². The number of rotatable bonds is 5.